The number of hydrogen-bond donors (Lipinski definition) is 0. The van der Waals surface area contributed by atoms with Crippen LogP contribution in [0.25, 0.3) is 49.9 Å². The summed E-state index contributed by atoms with van der Waals surface area (Å²) in [7, 11) is 0. The van der Waals surface area contributed by atoms with E-state index in [-0.39, 0.29) is 16.2 Å². The van der Waals surface area contributed by atoms with Crippen molar-refractivity contribution < 1.29 is 4.74 Å². The molecular formula is C61H60N4O. The lowest BCUT2D eigenvalue weighted by Gasteiger charge is -2.29. The molecule has 1 aliphatic heterocycles. The van der Waals surface area contributed by atoms with Gasteiger partial charge in [0.2, 0.25) is 0 Å². The SMILES string of the molecule is Cc1cc(-n2c3ccc(-c4ccccc4)cc3c3ccc(Oc4cccc(N5CN(c6cc(C(C)(C)C)cc(C(C)(C)C)c6)c6ccccc65)c4)cc32)ncc1-c1ccc(C(C)(C)C)cc1. The molecule has 0 unspecified atom stereocenters. The van der Waals surface area contributed by atoms with E-state index in [9.17, 15) is 0 Å². The molecule has 0 bridgehead atoms. The molecule has 5 nitrogen and oxygen atoms in total. The van der Waals surface area contributed by atoms with E-state index in [0.717, 1.165) is 45.0 Å². The number of para-hydroxylation sites is 2. The van der Waals surface area contributed by atoms with Crippen LogP contribution in [-0.4, -0.2) is 16.2 Å². The summed E-state index contributed by atoms with van der Waals surface area (Å²) in [4.78, 5) is 10.0. The van der Waals surface area contributed by atoms with Gasteiger partial charge >= 0.3 is 0 Å². The molecule has 7 aromatic carbocycles. The first-order chi connectivity index (χ1) is 31.5. The average Bonchev–Trinajstić information content (AvgIpc) is 3.84. The first-order valence-corrected chi connectivity index (χ1v) is 23.3. The Morgan fingerprint density at radius 1 is 0.455 bits per heavy atom. The molecule has 2 aromatic heterocycles. The van der Waals surface area contributed by atoms with Gasteiger partial charge in [0.05, 0.1) is 22.4 Å². The van der Waals surface area contributed by atoms with Crippen molar-refractivity contribution in [3.8, 4) is 39.6 Å². The van der Waals surface area contributed by atoms with Gasteiger partial charge in [-0.25, -0.2) is 4.98 Å². The molecule has 0 spiro atoms. The predicted molar refractivity (Wildman–Crippen MR) is 279 cm³/mol. The summed E-state index contributed by atoms with van der Waals surface area (Å²) >= 11 is 0. The van der Waals surface area contributed by atoms with Crippen molar-refractivity contribution in [2.45, 2.75) is 85.5 Å². The maximum atomic E-state index is 6.83. The summed E-state index contributed by atoms with van der Waals surface area (Å²) in [5, 5.41) is 2.31. The summed E-state index contributed by atoms with van der Waals surface area (Å²) in [6.07, 6.45) is 2.03. The van der Waals surface area contributed by atoms with Crippen molar-refractivity contribution in [2.75, 3.05) is 16.5 Å². The molecule has 0 saturated carbocycles. The topological polar surface area (TPSA) is 33.5 Å². The molecule has 5 heteroatoms. The minimum atomic E-state index is 0.0164. The van der Waals surface area contributed by atoms with Crippen LogP contribution in [0.2, 0.25) is 0 Å². The zero-order chi connectivity index (χ0) is 46.1. The number of pyridine rings is 1. The summed E-state index contributed by atoms with van der Waals surface area (Å²) in [5.74, 6) is 2.41. The van der Waals surface area contributed by atoms with E-state index in [2.05, 4.69) is 247 Å². The van der Waals surface area contributed by atoms with Gasteiger partial charge in [0.1, 0.15) is 24.0 Å². The largest absolute Gasteiger partial charge is 0.457 e. The molecule has 0 N–H and O–H groups in total. The fourth-order valence-corrected chi connectivity index (χ4v) is 9.38. The molecule has 330 valence electrons. The standard InChI is InChI=1S/C61H60N4O/c1-40-31-58(62-38-53(40)42-23-26-44(27-24-42)59(2,3)4)65-54-30-25-43(41-17-12-11-13-18-41)32-52(54)51-29-28-50(37-57(51)65)66-49-20-16-19-47(36-49)63-39-64(56-22-15-14-21-55(56)63)48-34-45(60(5,6)7)33-46(35-48)61(8,9)10/h11-38H,39H2,1-10H3. The lowest BCUT2D eigenvalue weighted by atomic mass is 9.80. The van der Waals surface area contributed by atoms with E-state index in [1.165, 1.54) is 61.4 Å². The van der Waals surface area contributed by atoms with E-state index in [1.54, 1.807) is 0 Å². The maximum Gasteiger partial charge on any atom is 0.137 e. The number of fused-ring (bicyclic) bond motifs is 4. The van der Waals surface area contributed by atoms with Gasteiger partial charge in [0, 0.05) is 46.0 Å². The Kier molecular flexibility index (Phi) is 10.4. The highest BCUT2D eigenvalue weighted by atomic mass is 16.5. The molecule has 0 atom stereocenters. The average molecular weight is 865 g/mol. The number of aromatic nitrogens is 2. The Balaban J connectivity index is 1.02. The lowest BCUT2D eigenvalue weighted by Crippen LogP contribution is -2.25. The van der Waals surface area contributed by atoms with Crippen LogP contribution in [-0.2, 0) is 16.2 Å². The molecule has 0 radical (unpaired) electrons. The summed E-state index contributed by atoms with van der Waals surface area (Å²) in [6, 6.07) is 59.4. The van der Waals surface area contributed by atoms with Crippen LogP contribution < -0.4 is 14.5 Å². The Bertz CT molecular complexity index is 3230. The van der Waals surface area contributed by atoms with E-state index in [1.807, 2.05) is 6.20 Å². The van der Waals surface area contributed by atoms with E-state index < -0.39 is 0 Å². The zero-order valence-electron chi connectivity index (χ0n) is 40.1. The van der Waals surface area contributed by atoms with Crippen molar-refractivity contribution in [3.63, 3.8) is 0 Å². The Morgan fingerprint density at radius 3 is 1.73 bits per heavy atom. The minimum absolute atomic E-state index is 0.0164. The van der Waals surface area contributed by atoms with Crippen molar-refractivity contribution in [2.24, 2.45) is 0 Å². The van der Waals surface area contributed by atoms with Crippen molar-refractivity contribution in [1.29, 1.82) is 0 Å². The summed E-state index contributed by atoms with van der Waals surface area (Å²) in [6.45, 7) is 23.4. The second-order valence-corrected chi connectivity index (χ2v) is 21.2. The second-order valence-electron chi connectivity index (χ2n) is 21.2. The smallest absolute Gasteiger partial charge is 0.137 e. The molecule has 0 amide bonds. The third-order valence-corrected chi connectivity index (χ3v) is 13.3. The first-order valence-electron chi connectivity index (χ1n) is 23.3. The monoisotopic (exact) mass is 864 g/mol. The van der Waals surface area contributed by atoms with Crippen molar-refractivity contribution >= 4 is 44.6 Å². The number of hydrogen-bond acceptors (Lipinski definition) is 4. The highest BCUT2D eigenvalue weighted by molar-refractivity contribution is 6.10. The van der Waals surface area contributed by atoms with Gasteiger partial charge in [-0.1, -0.05) is 147 Å². The van der Waals surface area contributed by atoms with Gasteiger partial charge in [-0.05, 0) is 129 Å². The molecule has 10 rings (SSSR count). The van der Waals surface area contributed by atoms with Crippen molar-refractivity contribution in [1.82, 2.24) is 9.55 Å². The number of rotatable bonds is 7. The zero-order valence-corrected chi connectivity index (χ0v) is 40.1. The third kappa shape index (κ3) is 8.02. The molecule has 0 saturated heterocycles. The number of ether oxygens (including phenoxy) is 1. The van der Waals surface area contributed by atoms with Crippen LogP contribution in [0.1, 0.15) is 84.6 Å². The van der Waals surface area contributed by atoms with Crippen LogP contribution in [0.3, 0.4) is 0 Å². The van der Waals surface area contributed by atoms with Crippen LogP contribution in [0, 0.1) is 6.92 Å². The Hall–Kier alpha value is -7.11. The lowest BCUT2D eigenvalue weighted by molar-refractivity contribution is 0.483. The van der Waals surface area contributed by atoms with Gasteiger partial charge in [-0.2, -0.15) is 0 Å². The van der Waals surface area contributed by atoms with Gasteiger partial charge in [-0.3, -0.25) is 4.57 Å². The minimum Gasteiger partial charge on any atom is -0.457 e. The molecule has 0 fully saturated rings. The van der Waals surface area contributed by atoms with E-state index in [0.29, 0.717) is 6.67 Å². The molecule has 9 aromatic rings. The maximum absolute atomic E-state index is 6.83. The van der Waals surface area contributed by atoms with Crippen LogP contribution in [0.4, 0.5) is 22.7 Å². The molecular weight excluding hydrogens is 805 g/mol. The highest BCUT2D eigenvalue weighted by Gasteiger charge is 2.30. The highest BCUT2D eigenvalue weighted by Crippen LogP contribution is 2.47. The normalized spacial score (nSPS) is 13.2. The fraction of sp³-hybridized carbons (Fsp3) is 0.230. The van der Waals surface area contributed by atoms with Gasteiger partial charge in [0.25, 0.3) is 0 Å². The fourth-order valence-electron chi connectivity index (χ4n) is 9.38. The van der Waals surface area contributed by atoms with Gasteiger partial charge in [0.15, 0.2) is 0 Å². The van der Waals surface area contributed by atoms with Crippen LogP contribution in [0.15, 0.2) is 170 Å². The molecule has 66 heavy (non-hydrogen) atoms. The predicted octanol–water partition coefficient (Wildman–Crippen LogP) is 16.8. The summed E-state index contributed by atoms with van der Waals surface area (Å²) < 4.78 is 9.12. The third-order valence-electron chi connectivity index (χ3n) is 13.3. The van der Waals surface area contributed by atoms with E-state index >= 15 is 0 Å². The second kappa shape index (κ2) is 16.1. The van der Waals surface area contributed by atoms with E-state index in [4.69, 9.17) is 9.72 Å². The number of anilines is 4. The molecule has 3 heterocycles. The number of benzene rings is 7. The Labute approximate surface area is 391 Å². The van der Waals surface area contributed by atoms with Crippen LogP contribution >= 0.6 is 0 Å². The van der Waals surface area contributed by atoms with Crippen molar-refractivity contribution in [3.05, 3.63) is 192 Å². The van der Waals surface area contributed by atoms with Gasteiger partial charge in [-0.15, -0.1) is 0 Å². The quantitative estimate of drug-likeness (QED) is 0.160. The number of aryl methyl sites for hydroxylation is 1. The molecule has 0 aliphatic carbocycles. The molecule has 1 aliphatic rings. The first kappa shape index (κ1) is 42.8. The van der Waals surface area contributed by atoms with Gasteiger partial charge < -0.3 is 14.5 Å². The summed E-state index contributed by atoms with van der Waals surface area (Å²) in [5.41, 5.74) is 16.7. The Morgan fingerprint density at radius 2 is 1.08 bits per heavy atom. The van der Waals surface area contributed by atoms with Crippen LogP contribution in [0.5, 0.6) is 11.5 Å². The number of nitrogens with zero attached hydrogens (tertiary/aromatic N) is 4.